The van der Waals surface area contributed by atoms with Crippen LogP contribution in [-0.4, -0.2) is 24.4 Å². The number of aryl methyl sites for hydroxylation is 1. The summed E-state index contributed by atoms with van der Waals surface area (Å²) in [6, 6.07) is 2.33. The Morgan fingerprint density at radius 1 is 1.40 bits per heavy atom. The van der Waals surface area contributed by atoms with Gasteiger partial charge in [0.05, 0.1) is 11.0 Å². The van der Waals surface area contributed by atoms with Crippen LogP contribution in [0.2, 0.25) is 0 Å². The lowest BCUT2D eigenvalue weighted by atomic mass is 9.97. The van der Waals surface area contributed by atoms with Crippen molar-refractivity contribution in [2.45, 2.75) is 26.8 Å². The van der Waals surface area contributed by atoms with Gasteiger partial charge in [-0.1, -0.05) is 13.8 Å². The molecule has 1 N–H and O–H groups in total. The maximum absolute atomic E-state index is 13.5. The van der Waals surface area contributed by atoms with Crippen LogP contribution in [0.15, 0.2) is 16.6 Å². The van der Waals surface area contributed by atoms with Crippen LogP contribution < -0.4 is 10.2 Å². The average molecular weight is 343 g/mol. The van der Waals surface area contributed by atoms with Crippen LogP contribution in [-0.2, 0) is 9.59 Å². The summed E-state index contributed by atoms with van der Waals surface area (Å²) in [5, 5.41) is 2.59. The third-order valence-corrected chi connectivity index (χ3v) is 3.97. The number of halogens is 2. The average Bonchev–Trinajstić information content (AvgIpc) is 2.36. The molecule has 0 aliphatic carbocycles. The van der Waals surface area contributed by atoms with Crippen molar-refractivity contribution in [1.82, 2.24) is 5.32 Å². The summed E-state index contributed by atoms with van der Waals surface area (Å²) in [5.41, 5.74) is 1.19. The molecule has 0 saturated carbocycles. The number of hydrogen-bond donors (Lipinski definition) is 1. The summed E-state index contributed by atoms with van der Waals surface area (Å²) in [6.07, 6.45) is 0. The fourth-order valence-electron chi connectivity index (χ4n) is 2.41. The molecule has 20 heavy (non-hydrogen) atoms. The molecule has 0 spiro atoms. The monoisotopic (exact) mass is 342 g/mol. The van der Waals surface area contributed by atoms with Crippen LogP contribution >= 0.6 is 15.9 Å². The summed E-state index contributed by atoms with van der Waals surface area (Å²) < 4.78 is 13.8. The van der Waals surface area contributed by atoms with Crippen LogP contribution in [0.1, 0.15) is 19.4 Å². The first-order valence-electron chi connectivity index (χ1n) is 6.38. The van der Waals surface area contributed by atoms with Crippen LogP contribution in [0.25, 0.3) is 0 Å². The largest absolute Gasteiger partial charge is 0.345 e. The van der Waals surface area contributed by atoms with E-state index < -0.39 is 6.04 Å². The number of carbonyl (C=O) groups is 2. The van der Waals surface area contributed by atoms with Gasteiger partial charge >= 0.3 is 0 Å². The van der Waals surface area contributed by atoms with Gasteiger partial charge in [0.2, 0.25) is 11.8 Å². The summed E-state index contributed by atoms with van der Waals surface area (Å²) in [4.78, 5) is 25.7. The highest BCUT2D eigenvalue weighted by molar-refractivity contribution is 9.10. The molecule has 2 amide bonds. The number of nitrogens with zero attached hydrogens (tertiary/aromatic N) is 1. The van der Waals surface area contributed by atoms with Crippen molar-refractivity contribution >= 4 is 33.4 Å². The molecule has 0 radical (unpaired) electrons. The van der Waals surface area contributed by atoms with E-state index in [0.29, 0.717) is 11.3 Å². The van der Waals surface area contributed by atoms with Gasteiger partial charge in [-0.2, -0.15) is 0 Å². The van der Waals surface area contributed by atoms with E-state index in [9.17, 15) is 14.0 Å². The van der Waals surface area contributed by atoms with Gasteiger partial charge in [0.15, 0.2) is 0 Å². The van der Waals surface area contributed by atoms with E-state index in [2.05, 4.69) is 21.2 Å². The molecule has 1 heterocycles. The van der Waals surface area contributed by atoms with Gasteiger partial charge in [-0.15, -0.1) is 0 Å². The Kier molecular flexibility index (Phi) is 4.13. The zero-order valence-electron chi connectivity index (χ0n) is 11.5. The lowest BCUT2D eigenvalue weighted by Gasteiger charge is -2.38. The number of amides is 2. The molecule has 1 aliphatic rings. The van der Waals surface area contributed by atoms with Crippen molar-refractivity contribution in [2.24, 2.45) is 5.92 Å². The maximum Gasteiger partial charge on any atom is 0.247 e. The Balaban J connectivity index is 2.54. The number of carbonyl (C=O) groups excluding carboxylic acids is 2. The number of nitrogens with one attached hydrogen (secondary N) is 1. The van der Waals surface area contributed by atoms with Gasteiger partial charge in [0.1, 0.15) is 11.9 Å². The number of anilines is 1. The molecule has 1 aromatic carbocycles. The van der Waals surface area contributed by atoms with E-state index in [1.807, 2.05) is 13.8 Å². The van der Waals surface area contributed by atoms with Crippen LogP contribution in [0.5, 0.6) is 0 Å². The molecule has 4 nitrogen and oxygen atoms in total. The second kappa shape index (κ2) is 5.52. The third-order valence-electron chi connectivity index (χ3n) is 3.36. The predicted molar refractivity (Wildman–Crippen MR) is 78.0 cm³/mol. The lowest BCUT2D eigenvalue weighted by molar-refractivity contribution is -0.131. The van der Waals surface area contributed by atoms with Gasteiger partial charge in [-0.3, -0.25) is 14.5 Å². The molecule has 1 aromatic rings. The van der Waals surface area contributed by atoms with Crippen molar-refractivity contribution in [2.75, 3.05) is 11.4 Å². The summed E-state index contributed by atoms with van der Waals surface area (Å²) >= 11 is 3.13. The number of rotatable bonds is 2. The minimum absolute atomic E-state index is 0.0313. The molecule has 108 valence electrons. The zero-order valence-corrected chi connectivity index (χ0v) is 13.1. The van der Waals surface area contributed by atoms with Crippen LogP contribution in [0.3, 0.4) is 0 Å². The summed E-state index contributed by atoms with van der Waals surface area (Å²) in [7, 11) is 0. The summed E-state index contributed by atoms with van der Waals surface area (Å²) in [5.74, 6) is -0.798. The number of hydrogen-bond acceptors (Lipinski definition) is 2. The highest BCUT2D eigenvalue weighted by atomic mass is 79.9. The Labute approximate surface area is 125 Å². The topological polar surface area (TPSA) is 49.4 Å². The molecule has 2 rings (SSSR count). The van der Waals surface area contributed by atoms with Gasteiger partial charge in [0.25, 0.3) is 0 Å². The highest BCUT2D eigenvalue weighted by Gasteiger charge is 2.38. The minimum Gasteiger partial charge on any atom is -0.345 e. The molecule has 6 heteroatoms. The van der Waals surface area contributed by atoms with E-state index in [1.54, 1.807) is 13.0 Å². The molecule has 1 atom stereocenters. The van der Waals surface area contributed by atoms with Gasteiger partial charge in [0, 0.05) is 5.69 Å². The van der Waals surface area contributed by atoms with Gasteiger partial charge < -0.3 is 5.32 Å². The number of benzene rings is 1. The standard InChI is InChI=1S/C14H16BrFN2O2/c1-7(2)13-14(20)17-6-12(19)18(13)11-5-9(15)10(16)4-8(11)3/h4-5,7,13H,6H2,1-3H3,(H,17,20). The van der Waals surface area contributed by atoms with Crippen molar-refractivity contribution < 1.29 is 14.0 Å². The zero-order chi connectivity index (χ0) is 15.0. The predicted octanol–water partition coefficient (Wildman–Crippen LogP) is 2.38. The van der Waals surface area contributed by atoms with Crippen molar-refractivity contribution in [3.63, 3.8) is 0 Å². The fourth-order valence-corrected chi connectivity index (χ4v) is 2.74. The Morgan fingerprint density at radius 2 is 2.05 bits per heavy atom. The first-order chi connectivity index (χ1) is 9.32. The smallest absolute Gasteiger partial charge is 0.247 e. The van der Waals surface area contributed by atoms with E-state index in [0.717, 1.165) is 0 Å². The second-order valence-corrected chi connectivity index (χ2v) is 6.08. The fraction of sp³-hybridized carbons (Fsp3) is 0.429. The molecule has 1 fully saturated rings. The molecule has 1 saturated heterocycles. The van der Waals surface area contributed by atoms with E-state index in [4.69, 9.17) is 0 Å². The van der Waals surface area contributed by atoms with Crippen molar-refractivity contribution in [1.29, 1.82) is 0 Å². The van der Waals surface area contributed by atoms with Crippen LogP contribution in [0.4, 0.5) is 10.1 Å². The second-order valence-electron chi connectivity index (χ2n) is 5.22. The number of piperazine rings is 1. The van der Waals surface area contributed by atoms with Crippen molar-refractivity contribution in [3.05, 3.63) is 28.0 Å². The maximum atomic E-state index is 13.5. The SMILES string of the molecule is Cc1cc(F)c(Br)cc1N1C(=O)CNC(=O)C1C(C)C. The van der Waals surface area contributed by atoms with E-state index >= 15 is 0 Å². The molecular weight excluding hydrogens is 327 g/mol. The molecule has 0 aromatic heterocycles. The van der Waals surface area contributed by atoms with Gasteiger partial charge in [-0.05, 0) is 46.5 Å². The van der Waals surface area contributed by atoms with Crippen molar-refractivity contribution in [3.8, 4) is 0 Å². The third kappa shape index (κ3) is 2.57. The Hall–Kier alpha value is -1.43. The molecular formula is C14H16BrFN2O2. The van der Waals surface area contributed by atoms with E-state index in [-0.39, 0.29) is 34.6 Å². The minimum atomic E-state index is -0.577. The van der Waals surface area contributed by atoms with E-state index in [1.165, 1.54) is 11.0 Å². The Morgan fingerprint density at radius 3 is 2.65 bits per heavy atom. The molecule has 1 aliphatic heterocycles. The Bertz CT molecular complexity index is 575. The summed E-state index contributed by atoms with van der Waals surface area (Å²) in [6.45, 7) is 5.45. The normalized spacial score (nSPS) is 19.5. The first kappa shape index (κ1) is 15.0. The highest BCUT2D eigenvalue weighted by Crippen LogP contribution is 2.31. The first-order valence-corrected chi connectivity index (χ1v) is 7.17. The molecule has 1 unspecified atom stereocenters. The van der Waals surface area contributed by atoms with Gasteiger partial charge in [-0.25, -0.2) is 4.39 Å². The van der Waals surface area contributed by atoms with Crippen LogP contribution in [0, 0.1) is 18.7 Å². The molecule has 0 bridgehead atoms. The quantitative estimate of drug-likeness (QED) is 0.896. The lowest BCUT2D eigenvalue weighted by Crippen LogP contribution is -2.60.